The third-order valence-electron chi connectivity index (χ3n) is 6.15. The second-order valence-corrected chi connectivity index (χ2v) is 7.96. The Labute approximate surface area is 163 Å². The molecule has 1 saturated heterocycles. The van der Waals surface area contributed by atoms with Gasteiger partial charge in [0.25, 0.3) is 0 Å². The lowest BCUT2D eigenvalue weighted by Crippen LogP contribution is -2.54. The molecule has 1 aliphatic heterocycles. The molecule has 2 aliphatic rings. The van der Waals surface area contributed by atoms with Gasteiger partial charge in [0.05, 0.1) is 12.0 Å². The predicted molar refractivity (Wildman–Crippen MR) is 106 cm³/mol. The number of aromatic nitrogens is 3. The maximum atomic E-state index is 13.2. The summed E-state index contributed by atoms with van der Waals surface area (Å²) in [6.07, 6.45) is 4.77. The highest BCUT2D eigenvalue weighted by atomic mass is 16.3. The molecule has 28 heavy (non-hydrogen) atoms. The number of furan rings is 1. The molecule has 2 amide bonds. The largest absolute Gasteiger partial charge is 0.467 e. The van der Waals surface area contributed by atoms with E-state index in [9.17, 15) is 4.79 Å². The van der Waals surface area contributed by atoms with Crippen molar-refractivity contribution in [3.8, 4) is 0 Å². The van der Waals surface area contributed by atoms with E-state index in [-0.39, 0.29) is 11.6 Å². The van der Waals surface area contributed by atoms with E-state index in [2.05, 4.69) is 15.4 Å². The van der Waals surface area contributed by atoms with Crippen LogP contribution in [0.2, 0.25) is 0 Å². The molecule has 0 spiro atoms. The van der Waals surface area contributed by atoms with Gasteiger partial charge in [0.15, 0.2) is 5.65 Å². The summed E-state index contributed by atoms with van der Waals surface area (Å²) < 4.78 is 7.51. The second kappa shape index (κ2) is 5.98. The van der Waals surface area contributed by atoms with Crippen LogP contribution in [0.5, 0.6) is 0 Å². The minimum absolute atomic E-state index is 0.128. The van der Waals surface area contributed by atoms with Crippen molar-refractivity contribution >= 4 is 23.3 Å². The number of aryl methyl sites for hydroxylation is 1. The summed E-state index contributed by atoms with van der Waals surface area (Å²) >= 11 is 0. The van der Waals surface area contributed by atoms with Gasteiger partial charge < -0.3 is 14.2 Å². The number of rotatable bonds is 3. The van der Waals surface area contributed by atoms with Crippen LogP contribution >= 0.6 is 0 Å². The van der Waals surface area contributed by atoms with E-state index < -0.39 is 0 Å². The first-order chi connectivity index (χ1) is 13.5. The molecule has 4 heterocycles. The van der Waals surface area contributed by atoms with Crippen LogP contribution in [0, 0.1) is 12.8 Å². The van der Waals surface area contributed by atoms with Gasteiger partial charge in [-0.05, 0) is 44.2 Å². The van der Waals surface area contributed by atoms with Gasteiger partial charge in [-0.2, -0.15) is 9.61 Å². The van der Waals surface area contributed by atoms with Crippen molar-refractivity contribution in [2.24, 2.45) is 5.92 Å². The third kappa shape index (κ3) is 2.33. The monoisotopic (exact) mass is 380 g/mol. The Morgan fingerprint density at radius 3 is 2.89 bits per heavy atom. The Hall–Kier alpha value is -3.03. The standard InChI is InChI=1S/C20H24N6O2/c1-13-11-17-21-16(12-18(24(2)3)26(17)23-13)22-19(27)25-9-7-14-6-8-20(14,25)15-5-4-10-28-15/h4-5,10-12,14H,6-9H2,1-3H3,(H,21,22,27)/t14-,20-/m0/s1. The summed E-state index contributed by atoms with van der Waals surface area (Å²) in [5, 5.41) is 7.50. The van der Waals surface area contributed by atoms with Gasteiger partial charge in [0.2, 0.25) is 0 Å². The molecular weight excluding hydrogens is 356 g/mol. The van der Waals surface area contributed by atoms with Gasteiger partial charge in [-0.25, -0.2) is 9.78 Å². The van der Waals surface area contributed by atoms with Crippen molar-refractivity contribution in [1.29, 1.82) is 0 Å². The summed E-state index contributed by atoms with van der Waals surface area (Å²) in [6, 6.07) is 7.52. The van der Waals surface area contributed by atoms with E-state index in [0.717, 1.165) is 43.1 Å². The Bertz CT molecular complexity index is 1040. The average molecular weight is 380 g/mol. The lowest BCUT2D eigenvalue weighted by molar-refractivity contribution is 0.0236. The van der Waals surface area contributed by atoms with Crippen molar-refractivity contribution in [2.45, 2.75) is 31.7 Å². The van der Waals surface area contributed by atoms with Crippen molar-refractivity contribution < 1.29 is 9.21 Å². The van der Waals surface area contributed by atoms with Gasteiger partial charge in [-0.3, -0.25) is 5.32 Å². The molecule has 2 atom stereocenters. The van der Waals surface area contributed by atoms with Gasteiger partial charge in [-0.1, -0.05) is 0 Å². The van der Waals surface area contributed by atoms with E-state index in [1.54, 1.807) is 10.8 Å². The Morgan fingerprint density at radius 1 is 1.36 bits per heavy atom. The van der Waals surface area contributed by atoms with Crippen LogP contribution in [0.25, 0.3) is 5.65 Å². The fraction of sp³-hybridized carbons (Fsp3) is 0.450. The number of fused-ring (bicyclic) bond motifs is 2. The van der Waals surface area contributed by atoms with E-state index in [0.29, 0.717) is 17.4 Å². The number of hydrogen-bond donors (Lipinski definition) is 1. The number of amides is 2. The lowest BCUT2D eigenvalue weighted by atomic mass is 9.66. The highest BCUT2D eigenvalue weighted by Crippen LogP contribution is 2.57. The Kier molecular flexibility index (Phi) is 3.65. The molecule has 1 N–H and O–H groups in total. The second-order valence-electron chi connectivity index (χ2n) is 7.96. The lowest BCUT2D eigenvalue weighted by Gasteiger charge is -2.48. The number of nitrogens with zero attached hydrogens (tertiary/aromatic N) is 5. The van der Waals surface area contributed by atoms with Crippen molar-refractivity contribution in [3.63, 3.8) is 0 Å². The first kappa shape index (κ1) is 17.1. The molecule has 8 heteroatoms. The zero-order chi connectivity index (χ0) is 19.5. The van der Waals surface area contributed by atoms with Crippen LogP contribution in [0.15, 0.2) is 34.9 Å². The first-order valence-corrected chi connectivity index (χ1v) is 9.66. The Morgan fingerprint density at radius 2 is 2.21 bits per heavy atom. The van der Waals surface area contributed by atoms with Gasteiger partial charge in [0, 0.05) is 32.8 Å². The molecule has 2 fully saturated rings. The minimum atomic E-state index is -0.310. The van der Waals surface area contributed by atoms with E-state index in [1.807, 2.05) is 55.1 Å². The van der Waals surface area contributed by atoms with Crippen LogP contribution in [-0.4, -0.2) is 46.2 Å². The highest BCUT2D eigenvalue weighted by molar-refractivity contribution is 5.90. The van der Waals surface area contributed by atoms with Gasteiger partial charge in [-0.15, -0.1) is 0 Å². The molecule has 0 radical (unpaired) electrons. The number of hydrogen-bond acceptors (Lipinski definition) is 5. The third-order valence-corrected chi connectivity index (χ3v) is 6.15. The molecule has 0 unspecified atom stereocenters. The summed E-state index contributed by atoms with van der Waals surface area (Å²) in [5.41, 5.74) is 1.28. The molecule has 0 aromatic carbocycles. The normalized spacial score (nSPS) is 23.5. The number of carbonyl (C=O) groups excluding carboxylic acids is 1. The summed E-state index contributed by atoms with van der Waals surface area (Å²) in [5.74, 6) is 2.74. The molecule has 1 aliphatic carbocycles. The van der Waals surface area contributed by atoms with E-state index in [1.165, 1.54) is 0 Å². The molecule has 1 saturated carbocycles. The molecule has 5 rings (SSSR count). The van der Waals surface area contributed by atoms with E-state index >= 15 is 0 Å². The number of anilines is 2. The quantitative estimate of drug-likeness (QED) is 0.755. The maximum Gasteiger partial charge on any atom is 0.323 e. The Balaban J connectivity index is 1.47. The summed E-state index contributed by atoms with van der Waals surface area (Å²) in [4.78, 5) is 21.7. The first-order valence-electron chi connectivity index (χ1n) is 9.66. The van der Waals surface area contributed by atoms with Crippen molar-refractivity contribution in [1.82, 2.24) is 19.5 Å². The minimum Gasteiger partial charge on any atom is -0.467 e. The predicted octanol–water partition coefficient (Wildman–Crippen LogP) is 3.24. The fourth-order valence-electron chi connectivity index (χ4n) is 4.74. The number of carbonyl (C=O) groups is 1. The molecular formula is C20H24N6O2. The molecule has 3 aromatic heterocycles. The molecule has 3 aromatic rings. The number of urea groups is 1. The topological polar surface area (TPSA) is 78.9 Å². The maximum absolute atomic E-state index is 13.2. The zero-order valence-electron chi connectivity index (χ0n) is 16.3. The van der Waals surface area contributed by atoms with Crippen LogP contribution in [0.4, 0.5) is 16.4 Å². The summed E-state index contributed by atoms with van der Waals surface area (Å²) in [7, 11) is 3.89. The van der Waals surface area contributed by atoms with Crippen LogP contribution < -0.4 is 10.2 Å². The summed E-state index contributed by atoms with van der Waals surface area (Å²) in [6.45, 7) is 2.66. The van der Waals surface area contributed by atoms with Crippen LogP contribution in [-0.2, 0) is 5.54 Å². The highest BCUT2D eigenvalue weighted by Gasteiger charge is 2.59. The SMILES string of the molecule is Cc1cc2nc(NC(=O)N3CC[C@@H]4CC[C@@]43c3ccco3)cc(N(C)C)n2n1. The smallest absolute Gasteiger partial charge is 0.323 e. The van der Waals surface area contributed by atoms with Crippen molar-refractivity contribution in [3.05, 3.63) is 42.0 Å². The molecule has 8 nitrogen and oxygen atoms in total. The average Bonchev–Trinajstić information content (AvgIpc) is 3.32. The van der Waals surface area contributed by atoms with Gasteiger partial charge in [0.1, 0.15) is 22.9 Å². The molecule has 146 valence electrons. The number of likely N-dealkylation sites (tertiary alicyclic amines) is 1. The van der Waals surface area contributed by atoms with Crippen LogP contribution in [0.1, 0.15) is 30.7 Å². The van der Waals surface area contributed by atoms with Crippen LogP contribution in [0.3, 0.4) is 0 Å². The zero-order valence-corrected chi connectivity index (χ0v) is 16.3. The van der Waals surface area contributed by atoms with Crippen molar-refractivity contribution in [2.75, 3.05) is 30.9 Å². The van der Waals surface area contributed by atoms with Gasteiger partial charge >= 0.3 is 6.03 Å². The van der Waals surface area contributed by atoms with E-state index in [4.69, 9.17) is 4.42 Å². The number of nitrogens with one attached hydrogen (secondary N) is 1. The molecule has 0 bridgehead atoms. The fourth-order valence-corrected chi connectivity index (χ4v) is 4.74.